The molecule has 1 aromatic carbocycles. The third-order valence-electron chi connectivity index (χ3n) is 4.93. The van der Waals surface area contributed by atoms with Crippen LogP contribution in [0.2, 0.25) is 0 Å². The molecule has 0 aromatic heterocycles. The predicted molar refractivity (Wildman–Crippen MR) is 132 cm³/mol. The van der Waals surface area contributed by atoms with E-state index in [1.807, 2.05) is 65.0 Å². The number of carbonyl (C=O) groups is 3. The van der Waals surface area contributed by atoms with E-state index in [0.717, 1.165) is 0 Å². The molecule has 0 saturated heterocycles. The van der Waals surface area contributed by atoms with Gasteiger partial charge in [0.15, 0.2) is 0 Å². The van der Waals surface area contributed by atoms with Crippen LogP contribution < -0.4 is 10.6 Å². The largest absolute Gasteiger partial charge is 0.444 e. The maximum Gasteiger partial charge on any atom is 0.408 e. The van der Waals surface area contributed by atoms with Gasteiger partial charge in [0.05, 0.1) is 0 Å². The quantitative estimate of drug-likeness (QED) is 0.529. The average molecular weight is 460 g/mol. The molecule has 3 atom stereocenters. The van der Waals surface area contributed by atoms with Gasteiger partial charge in [-0.3, -0.25) is 9.59 Å². The lowest BCUT2D eigenvalue weighted by Gasteiger charge is -2.36. The Kier molecular flexibility index (Phi) is 10.1. The summed E-state index contributed by atoms with van der Waals surface area (Å²) in [7, 11) is 0. The van der Waals surface area contributed by atoms with Gasteiger partial charge in [0.1, 0.15) is 17.7 Å². The van der Waals surface area contributed by atoms with Crippen LogP contribution in [0.1, 0.15) is 73.4 Å². The highest BCUT2D eigenvalue weighted by Crippen LogP contribution is 2.25. The van der Waals surface area contributed by atoms with Gasteiger partial charge in [-0.1, -0.05) is 56.7 Å². The predicted octanol–water partition coefficient (Wildman–Crippen LogP) is 4.60. The molecule has 0 saturated carbocycles. The van der Waals surface area contributed by atoms with E-state index in [9.17, 15) is 14.4 Å². The van der Waals surface area contributed by atoms with E-state index >= 15 is 0 Å². The van der Waals surface area contributed by atoms with E-state index in [0.29, 0.717) is 12.0 Å². The molecule has 0 spiro atoms. The molecule has 0 fully saturated rings. The van der Waals surface area contributed by atoms with Gasteiger partial charge in [-0.15, -0.1) is 6.58 Å². The van der Waals surface area contributed by atoms with E-state index in [1.165, 1.54) is 4.90 Å². The number of amides is 3. The summed E-state index contributed by atoms with van der Waals surface area (Å²) in [6, 6.07) is 7.39. The number of hydrogen-bond acceptors (Lipinski definition) is 4. The van der Waals surface area contributed by atoms with E-state index in [-0.39, 0.29) is 24.3 Å². The number of alkyl carbamates (subject to hydrolysis) is 1. The first-order valence-corrected chi connectivity index (χ1v) is 11.5. The molecule has 3 unspecified atom stereocenters. The molecule has 0 bridgehead atoms. The summed E-state index contributed by atoms with van der Waals surface area (Å²) < 4.78 is 5.39. The van der Waals surface area contributed by atoms with Crippen molar-refractivity contribution in [3.8, 4) is 0 Å². The number of hydrogen-bond donors (Lipinski definition) is 2. The minimum atomic E-state index is -0.886. The van der Waals surface area contributed by atoms with Gasteiger partial charge < -0.3 is 20.3 Å². The molecule has 0 aliphatic rings. The van der Waals surface area contributed by atoms with Crippen LogP contribution in [0.4, 0.5) is 4.79 Å². The summed E-state index contributed by atoms with van der Waals surface area (Å²) in [5, 5.41) is 5.72. The first-order chi connectivity index (χ1) is 15.2. The van der Waals surface area contributed by atoms with Crippen molar-refractivity contribution in [1.82, 2.24) is 15.5 Å². The Morgan fingerprint density at radius 2 is 1.67 bits per heavy atom. The normalized spacial score (nSPS) is 14.4. The molecular formula is C26H41N3O4. The molecule has 0 aliphatic carbocycles. The zero-order chi connectivity index (χ0) is 25.4. The van der Waals surface area contributed by atoms with Crippen molar-refractivity contribution < 1.29 is 19.1 Å². The first-order valence-electron chi connectivity index (χ1n) is 11.5. The first kappa shape index (κ1) is 28.2. The van der Waals surface area contributed by atoms with Gasteiger partial charge in [0.2, 0.25) is 11.8 Å². The average Bonchev–Trinajstić information content (AvgIpc) is 2.68. The van der Waals surface area contributed by atoms with Crippen molar-refractivity contribution in [2.75, 3.05) is 6.54 Å². The van der Waals surface area contributed by atoms with Crippen LogP contribution in [0.15, 0.2) is 43.0 Å². The van der Waals surface area contributed by atoms with Gasteiger partial charge in [0, 0.05) is 12.1 Å². The van der Waals surface area contributed by atoms with E-state index in [4.69, 9.17) is 4.74 Å². The van der Waals surface area contributed by atoms with Crippen LogP contribution >= 0.6 is 0 Å². The number of carbonyl (C=O) groups excluding carboxylic acids is 3. The summed E-state index contributed by atoms with van der Waals surface area (Å²) in [6.07, 6.45) is 1.56. The maximum atomic E-state index is 13.8. The molecule has 0 radical (unpaired) electrons. The van der Waals surface area contributed by atoms with Gasteiger partial charge in [0.25, 0.3) is 0 Å². The lowest BCUT2D eigenvalue weighted by molar-refractivity contribution is -0.143. The summed E-state index contributed by atoms with van der Waals surface area (Å²) in [4.78, 5) is 41.3. The third-order valence-corrected chi connectivity index (χ3v) is 4.93. The summed E-state index contributed by atoms with van der Waals surface area (Å²) in [5.74, 6) is -0.850. The zero-order valence-electron chi connectivity index (χ0n) is 21.4. The summed E-state index contributed by atoms with van der Waals surface area (Å²) in [5.41, 5.74) is -0.514. The molecule has 1 rings (SSSR count). The highest BCUT2D eigenvalue weighted by atomic mass is 16.6. The van der Waals surface area contributed by atoms with Crippen LogP contribution in [0, 0.1) is 5.92 Å². The van der Waals surface area contributed by atoms with E-state index in [1.54, 1.807) is 26.8 Å². The molecule has 3 amide bonds. The Labute approximate surface area is 198 Å². The molecule has 0 heterocycles. The van der Waals surface area contributed by atoms with Crippen molar-refractivity contribution in [3.63, 3.8) is 0 Å². The fraction of sp³-hybridized carbons (Fsp3) is 0.577. The van der Waals surface area contributed by atoms with Crippen LogP contribution in [0.25, 0.3) is 0 Å². The second-order valence-electron chi connectivity index (χ2n) is 10.3. The fourth-order valence-corrected chi connectivity index (χ4v) is 3.30. The monoisotopic (exact) mass is 459 g/mol. The maximum absolute atomic E-state index is 13.8. The van der Waals surface area contributed by atoms with Crippen molar-refractivity contribution >= 4 is 17.9 Å². The third kappa shape index (κ3) is 9.28. The minimum absolute atomic E-state index is 0.138. The second kappa shape index (κ2) is 11.9. The number of nitrogens with zero attached hydrogens (tertiary/aromatic N) is 1. The lowest BCUT2D eigenvalue weighted by Crippen LogP contribution is -2.56. The molecule has 7 nitrogen and oxygen atoms in total. The fourth-order valence-electron chi connectivity index (χ4n) is 3.30. The molecule has 1 aromatic rings. The Hall–Kier alpha value is -2.83. The minimum Gasteiger partial charge on any atom is -0.444 e. The topological polar surface area (TPSA) is 87.7 Å². The number of ether oxygens (including phenoxy) is 1. The molecule has 2 N–H and O–H groups in total. The smallest absolute Gasteiger partial charge is 0.408 e. The van der Waals surface area contributed by atoms with E-state index in [2.05, 4.69) is 17.2 Å². The van der Waals surface area contributed by atoms with Crippen LogP contribution in [0.5, 0.6) is 0 Å². The lowest BCUT2D eigenvalue weighted by atomic mass is 9.95. The summed E-state index contributed by atoms with van der Waals surface area (Å²) >= 11 is 0. The zero-order valence-corrected chi connectivity index (χ0v) is 21.4. The SMILES string of the molecule is C=CCN(C(=O)C(NC(=O)OC(C)(C)C)C(C)CC)C(C(=O)NC(C)(C)C)c1ccccc1. The number of rotatable bonds is 9. The molecule has 184 valence electrons. The Morgan fingerprint density at radius 1 is 1.09 bits per heavy atom. The van der Waals surface area contributed by atoms with Crippen molar-refractivity contribution in [2.45, 2.75) is 85.0 Å². The molecular weight excluding hydrogens is 418 g/mol. The van der Waals surface area contributed by atoms with E-state index < -0.39 is 29.3 Å². The second-order valence-corrected chi connectivity index (χ2v) is 10.3. The van der Waals surface area contributed by atoms with Crippen molar-refractivity contribution in [1.29, 1.82) is 0 Å². The highest BCUT2D eigenvalue weighted by Gasteiger charge is 2.38. The summed E-state index contributed by atoms with van der Waals surface area (Å²) in [6.45, 7) is 18.7. The number of benzene rings is 1. The molecule has 0 aliphatic heterocycles. The Bertz CT molecular complexity index is 809. The van der Waals surface area contributed by atoms with Crippen LogP contribution in [-0.4, -0.2) is 46.5 Å². The molecule has 33 heavy (non-hydrogen) atoms. The van der Waals surface area contributed by atoms with Gasteiger partial charge >= 0.3 is 6.09 Å². The standard InChI is InChI=1S/C26H41N3O4/c1-10-17-29(21(19-15-13-12-14-16-19)22(30)28-25(4,5)6)23(31)20(18(3)11-2)27-24(32)33-26(7,8)9/h10,12-16,18,20-21H,1,11,17H2,2-9H3,(H,27,32)(H,28,30). The van der Waals surface area contributed by atoms with Gasteiger partial charge in [-0.25, -0.2) is 4.79 Å². The highest BCUT2D eigenvalue weighted by molar-refractivity contribution is 5.92. The Morgan fingerprint density at radius 3 is 2.12 bits per heavy atom. The van der Waals surface area contributed by atoms with Gasteiger partial charge in [-0.05, 0) is 53.0 Å². The van der Waals surface area contributed by atoms with Gasteiger partial charge in [-0.2, -0.15) is 0 Å². The van der Waals surface area contributed by atoms with Crippen LogP contribution in [0.3, 0.4) is 0 Å². The number of nitrogens with one attached hydrogen (secondary N) is 2. The molecule has 7 heteroatoms. The van der Waals surface area contributed by atoms with Crippen LogP contribution in [-0.2, 0) is 14.3 Å². The van der Waals surface area contributed by atoms with Crippen molar-refractivity contribution in [3.05, 3.63) is 48.6 Å². The van der Waals surface area contributed by atoms with Crippen molar-refractivity contribution in [2.24, 2.45) is 5.92 Å². The Balaban J connectivity index is 3.43.